The van der Waals surface area contributed by atoms with Crippen LogP contribution in [0.1, 0.15) is 68.9 Å². The lowest BCUT2D eigenvalue weighted by atomic mass is 9.96. The molecule has 0 amide bonds. The number of hydrogen-bond acceptors (Lipinski definition) is 2. The standard InChI is InChI=1S/C26H31NO/c1-6-20-17-22(15-16-24(20)19(5)28)25(7-2)27(23-11-9-8-10-12-23)26(18(3)4)21-13-14-21/h7-12,15-17,21H,6,13-14H2,1-5H3/b25-7-. The van der Waals surface area contributed by atoms with Crippen molar-refractivity contribution in [3.63, 3.8) is 0 Å². The molecule has 1 fully saturated rings. The fourth-order valence-corrected chi connectivity index (χ4v) is 3.97. The predicted molar refractivity (Wildman–Crippen MR) is 119 cm³/mol. The van der Waals surface area contributed by atoms with E-state index in [1.54, 1.807) is 6.92 Å². The summed E-state index contributed by atoms with van der Waals surface area (Å²) in [5.41, 5.74) is 8.24. The average Bonchev–Trinajstić information content (AvgIpc) is 3.52. The van der Waals surface area contributed by atoms with Crippen LogP contribution in [0, 0.1) is 5.92 Å². The highest BCUT2D eigenvalue weighted by molar-refractivity contribution is 5.96. The van der Waals surface area contributed by atoms with Crippen molar-refractivity contribution >= 4 is 17.2 Å². The van der Waals surface area contributed by atoms with Crippen LogP contribution in [-0.2, 0) is 6.42 Å². The molecule has 28 heavy (non-hydrogen) atoms. The van der Waals surface area contributed by atoms with Crippen LogP contribution >= 0.6 is 0 Å². The molecule has 2 aromatic rings. The topological polar surface area (TPSA) is 20.3 Å². The molecule has 0 unspecified atom stereocenters. The summed E-state index contributed by atoms with van der Waals surface area (Å²) in [6.07, 6.45) is 5.55. The lowest BCUT2D eigenvalue weighted by Gasteiger charge is -2.32. The summed E-state index contributed by atoms with van der Waals surface area (Å²) in [5, 5.41) is 0. The first-order valence-corrected chi connectivity index (χ1v) is 10.3. The van der Waals surface area contributed by atoms with Crippen LogP contribution in [0.5, 0.6) is 0 Å². The third-order valence-electron chi connectivity index (χ3n) is 5.41. The Kier molecular flexibility index (Phi) is 6.18. The molecule has 0 bridgehead atoms. The molecule has 146 valence electrons. The number of ketones is 1. The van der Waals surface area contributed by atoms with E-state index < -0.39 is 0 Å². The zero-order valence-electron chi connectivity index (χ0n) is 17.8. The fourth-order valence-electron chi connectivity index (χ4n) is 3.97. The molecule has 0 radical (unpaired) electrons. The summed E-state index contributed by atoms with van der Waals surface area (Å²) in [7, 11) is 0. The van der Waals surface area contributed by atoms with Gasteiger partial charge in [0.2, 0.25) is 0 Å². The Labute approximate surface area is 169 Å². The predicted octanol–water partition coefficient (Wildman–Crippen LogP) is 7.02. The number of carbonyl (C=O) groups excluding carboxylic acids is 1. The van der Waals surface area contributed by atoms with Crippen LogP contribution in [-0.4, -0.2) is 5.78 Å². The fraction of sp³-hybridized carbons (Fsp3) is 0.346. The van der Waals surface area contributed by atoms with Crippen molar-refractivity contribution in [3.8, 4) is 0 Å². The molecule has 0 saturated heterocycles. The van der Waals surface area contributed by atoms with Gasteiger partial charge in [-0.25, -0.2) is 0 Å². The van der Waals surface area contributed by atoms with E-state index in [1.807, 2.05) is 6.07 Å². The van der Waals surface area contributed by atoms with Gasteiger partial charge in [-0.05, 0) is 82.2 Å². The average molecular weight is 374 g/mol. The van der Waals surface area contributed by atoms with Gasteiger partial charge in [-0.3, -0.25) is 4.79 Å². The smallest absolute Gasteiger partial charge is 0.160 e. The van der Waals surface area contributed by atoms with Gasteiger partial charge in [-0.1, -0.05) is 48.9 Å². The largest absolute Gasteiger partial charge is 0.314 e. The molecule has 0 heterocycles. The molecule has 1 saturated carbocycles. The Morgan fingerprint density at radius 3 is 2.25 bits per heavy atom. The van der Waals surface area contributed by atoms with Crippen LogP contribution in [0.4, 0.5) is 5.69 Å². The first-order valence-electron chi connectivity index (χ1n) is 10.3. The van der Waals surface area contributed by atoms with Crippen molar-refractivity contribution in [2.75, 3.05) is 4.90 Å². The molecule has 1 aliphatic carbocycles. The molecule has 2 heteroatoms. The summed E-state index contributed by atoms with van der Waals surface area (Å²) in [4.78, 5) is 14.4. The minimum absolute atomic E-state index is 0.133. The minimum atomic E-state index is 0.133. The van der Waals surface area contributed by atoms with Crippen LogP contribution in [0.15, 0.2) is 65.9 Å². The van der Waals surface area contributed by atoms with Gasteiger partial charge in [0.1, 0.15) is 0 Å². The van der Waals surface area contributed by atoms with Gasteiger partial charge in [-0.2, -0.15) is 0 Å². The van der Waals surface area contributed by atoms with E-state index >= 15 is 0 Å². The third-order valence-corrected chi connectivity index (χ3v) is 5.41. The van der Waals surface area contributed by atoms with Gasteiger partial charge in [0.15, 0.2) is 5.78 Å². The van der Waals surface area contributed by atoms with Crippen molar-refractivity contribution in [3.05, 3.63) is 82.6 Å². The SMILES string of the molecule is C/C=C(/c1ccc(C(C)=O)c(CC)c1)N(C(=C(C)C)C1CC1)c1ccccc1. The maximum atomic E-state index is 12.0. The highest BCUT2D eigenvalue weighted by Gasteiger charge is 2.33. The van der Waals surface area contributed by atoms with Gasteiger partial charge < -0.3 is 4.90 Å². The first-order chi connectivity index (χ1) is 13.5. The van der Waals surface area contributed by atoms with E-state index in [9.17, 15) is 4.79 Å². The third kappa shape index (κ3) is 4.11. The van der Waals surface area contributed by atoms with Crippen molar-refractivity contribution in [2.45, 2.75) is 53.9 Å². The van der Waals surface area contributed by atoms with Crippen molar-refractivity contribution in [2.24, 2.45) is 5.92 Å². The summed E-state index contributed by atoms with van der Waals surface area (Å²) in [5.74, 6) is 0.760. The lowest BCUT2D eigenvalue weighted by Crippen LogP contribution is -2.23. The second kappa shape index (κ2) is 8.60. The molecule has 2 aromatic carbocycles. The minimum Gasteiger partial charge on any atom is -0.314 e. The van der Waals surface area contributed by atoms with Crippen LogP contribution < -0.4 is 4.90 Å². The Balaban J connectivity index is 2.16. The van der Waals surface area contributed by atoms with E-state index in [2.05, 4.69) is 81.1 Å². The van der Waals surface area contributed by atoms with Crippen LogP contribution in [0.2, 0.25) is 0 Å². The van der Waals surface area contributed by atoms with E-state index in [0.29, 0.717) is 5.92 Å². The zero-order chi connectivity index (χ0) is 20.3. The highest BCUT2D eigenvalue weighted by atomic mass is 16.1. The quantitative estimate of drug-likeness (QED) is 0.486. The molecule has 0 aromatic heterocycles. The van der Waals surface area contributed by atoms with Gasteiger partial charge in [0.25, 0.3) is 0 Å². The molecule has 2 nitrogen and oxygen atoms in total. The molecule has 0 spiro atoms. The van der Waals surface area contributed by atoms with Crippen molar-refractivity contribution in [1.82, 2.24) is 0 Å². The number of nitrogens with zero attached hydrogens (tertiary/aromatic N) is 1. The second-order valence-corrected chi connectivity index (χ2v) is 7.79. The summed E-state index contributed by atoms with van der Waals surface area (Å²) >= 11 is 0. The Hall–Kier alpha value is -2.61. The summed E-state index contributed by atoms with van der Waals surface area (Å²) in [6.45, 7) is 10.3. The molecular formula is C26H31NO. The van der Waals surface area contributed by atoms with E-state index in [-0.39, 0.29) is 5.78 Å². The van der Waals surface area contributed by atoms with E-state index in [1.165, 1.54) is 35.5 Å². The lowest BCUT2D eigenvalue weighted by molar-refractivity contribution is 0.101. The van der Waals surface area contributed by atoms with Gasteiger partial charge in [0, 0.05) is 22.6 Å². The number of aryl methyl sites for hydroxylation is 1. The summed E-state index contributed by atoms with van der Waals surface area (Å²) in [6, 6.07) is 16.9. The van der Waals surface area contributed by atoms with Crippen LogP contribution in [0.3, 0.4) is 0 Å². The zero-order valence-corrected chi connectivity index (χ0v) is 17.8. The Morgan fingerprint density at radius 1 is 1.07 bits per heavy atom. The summed E-state index contributed by atoms with van der Waals surface area (Å²) < 4.78 is 0. The Bertz CT molecular complexity index is 913. The van der Waals surface area contributed by atoms with Gasteiger partial charge in [0.05, 0.1) is 0 Å². The maximum Gasteiger partial charge on any atom is 0.160 e. The number of para-hydroxylation sites is 1. The number of rotatable bonds is 7. The molecule has 3 rings (SSSR count). The highest BCUT2D eigenvalue weighted by Crippen LogP contribution is 2.44. The van der Waals surface area contributed by atoms with Gasteiger partial charge >= 0.3 is 0 Å². The van der Waals surface area contributed by atoms with E-state index in [0.717, 1.165) is 23.1 Å². The number of anilines is 1. The molecule has 0 atom stereocenters. The number of Topliss-reactive ketones (excluding diaryl/α,β-unsaturated/α-hetero) is 1. The maximum absolute atomic E-state index is 12.0. The number of hydrogen-bond donors (Lipinski definition) is 0. The number of allylic oxidation sites excluding steroid dienone is 3. The molecular weight excluding hydrogens is 342 g/mol. The molecule has 1 aliphatic rings. The Morgan fingerprint density at radius 2 is 1.75 bits per heavy atom. The number of carbonyl (C=O) groups is 1. The first kappa shape index (κ1) is 20.1. The van der Waals surface area contributed by atoms with Crippen LogP contribution in [0.25, 0.3) is 5.70 Å². The molecule has 0 aliphatic heterocycles. The van der Waals surface area contributed by atoms with Gasteiger partial charge in [-0.15, -0.1) is 0 Å². The molecule has 0 N–H and O–H groups in total. The number of benzene rings is 2. The van der Waals surface area contributed by atoms with Crippen molar-refractivity contribution in [1.29, 1.82) is 0 Å². The second-order valence-electron chi connectivity index (χ2n) is 7.79. The van der Waals surface area contributed by atoms with Crippen molar-refractivity contribution < 1.29 is 4.79 Å². The monoisotopic (exact) mass is 373 g/mol. The normalized spacial score (nSPS) is 14.0. The van der Waals surface area contributed by atoms with E-state index in [4.69, 9.17) is 0 Å².